The summed E-state index contributed by atoms with van der Waals surface area (Å²) >= 11 is 0. The first-order chi connectivity index (χ1) is 12.0. The predicted molar refractivity (Wildman–Crippen MR) is 101 cm³/mol. The molecule has 0 spiro atoms. The predicted octanol–water partition coefficient (Wildman–Crippen LogP) is 0.206. The maximum atomic E-state index is 12.7. The number of carbonyl (C=O) groups is 1. The number of piperidine rings is 1. The number of hydrogen-bond acceptors (Lipinski definition) is 5. The SMILES string of the molecule is Cl.O=C(NCC1CNCC1O)C1CCCN(S(=O)(=O)c2ccccc2)C1. The average Bonchev–Trinajstić information content (AvgIpc) is 3.05. The number of halogens is 1. The van der Waals surface area contributed by atoms with Crippen molar-refractivity contribution in [2.45, 2.75) is 23.8 Å². The molecule has 2 aliphatic heterocycles. The number of rotatable bonds is 5. The lowest BCUT2D eigenvalue weighted by atomic mass is 9.98. The summed E-state index contributed by atoms with van der Waals surface area (Å²) in [6.45, 7) is 2.28. The molecule has 0 radical (unpaired) electrons. The van der Waals surface area contributed by atoms with Gasteiger partial charge in [0.1, 0.15) is 0 Å². The zero-order valence-corrected chi connectivity index (χ0v) is 16.1. The molecule has 0 bridgehead atoms. The van der Waals surface area contributed by atoms with Crippen LogP contribution in [-0.2, 0) is 14.8 Å². The summed E-state index contributed by atoms with van der Waals surface area (Å²) in [6.07, 6.45) is 0.900. The van der Waals surface area contributed by atoms with Crippen molar-refractivity contribution in [1.29, 1.82) is 0 Å². The van der Waals surface area contributed by atoms with E-state index in [1.807, 2.05) is 0 Å². The lowest BCUT2D eigenvalue weighted by molar-refractivity contribution is -0.126. The molecule has 3 unspecified atom stereocenters. The smallest absolute Gasteiger partial charge is 0.243 e. The molecule has 1 aromatic rings. The Hall–Kier alpha value is -1.19. The molecule has 1 amide bonds. The number of sulfonamides is 1. The van der Waals surface area contributed by atoms with Crippen LogP contribution in [0.25, 0.3) is 0 Å². The van der Waals surface area contributed by atoms with Crippen LogP contribution in [0, 0.1) is 11.8 Å². The van der Waals surface area contributed by atoms with Gasteiger partial charge in [-0.3, -0.25) is 4.79 Å². The molecule has 1 aromatic carbocycles. The monoisotopic (exact) mass is 403 g/mol. The number of aliphatic hydroxyl groups is 1. The van der Waals surface area contributed by atoms with Gasteiger partial charge in [0.15, 0.2) is 0 Å². The minimum atomic E-state index is -3.56. The van der Waals surface area contributed by atoms with Gasteiger partial charge in [-0.05, 0) is 25.0 Å². The highest BCUT2D eigenvalue weighted by Crippen LogP contribution is 2.24. The second kappa shape index (κ2) is 9.14. The number of nitrogens with one attached hydrogen (secondary N) is 2. The van der Waals surface area contributed by atoms with E-state index in [0.717, 1.165) is 0 Å². The molecule has 0 aromatic heterocycles. The van der Waals surface area contributed by atoms with Crippen LogP contribution in [-0.4, -0.2) is 62.6 Å². The van der Waals surface area contributed by atoms with Gasteiger partial charge in [-0.15, -0.1) is 12.4 Å². The van der Waals surface area contributed by atoms with Crippen LogP contribution in [0.2, 0.25) is 0 Å². The van der Waals surface area contributed by atoms with Crippen molar-refractivity contribution >= 4 is 28.3 Å². The molecule has 2 aliphatic rings. The molecule has 0 saturated carbocycles. The van der Waals surface area contributed by atoms with Gasteiger partial charge in [0, 0.05) is 38.6 Å². The maximum absolute atomic E-state index is 12.7. The minimum absolute atomic E-state index is 0. The molecule has 3 N–H and O–H groups in total. The van der Waals surface area contributed by atoms with E-state index in [1.54, 1.807) is 30.3 Å². The fourth-order valence-corrected chi connectivity index (χ4v) is 4.96. The van der Waals surface area contributed by atoms with Crippen LogP contribution in [0.1, 0.15) is 12.8 Å². The van der Waals surface area contributed by atoms with Crippen LogP contribution in [0.5, 0.6) is 0 Å². The molecule has 3 atom stereocenters. The van der Waals surface area contributed by atoms with E-state index in [4.69, 9.17) is 0 Å². The largest absolute Gasteiger partial charge is 0.391 e. The third-order valence-corrected chi connectivity index (χ3v) is 6.86. The molecule has 146 valence electrons. The van der Waals surface area contributed by atoms with Gasteiger partial charge in [0.05, 0.1) is 16.9 Å². The van der Waals surface area contributed by atoms with Crippen molar-refractivity contribution in [3.8, 4) is 0 Å². The fourth-order valence-electron chi connectivity index (χ4n) is 3.42. The number of amides is 1. The molecule has 2 saturated heterocycles. The van der Waals surface area contributed by atoms with Gasteiger partial charge in [0.2, 0.25) is 15.9 Å². The highest BCUT2D eigenvalue weighted by atomic mass is 35.5. The highest BCUT2D eigenvalue weighted by molar-refractivity contribution is 7.89. The van der Waals surface area contributed by atoms with E-state index in [0.29, 0.717) is 39.0 Å². The zero-order valence-electron chi connectivity index (χ0n) is 14.5. The Kier molecular flexibility index (Phi) is 7.42. The van der Waals surface area contributed by atoms with Crippen LogP contribution in [0.3, 0.4) is 0 Å². The van der Waals surface area contributed by atoms with E-state index >= 15 is 0 Å². The second-order valence-electron chi connectivity index (χ2n) is 6.75. The molecule has 7 nitrogen and oxygen atoms in total. The third-order valence-electron chi connectivity index (χ3n) is 4.98. The average molecular weight is 404 g/mol. The first kappa shape index (κ1) is 21.1. The van der Waals surface area contributed by atoms with Crippen molar-refractivity contribution in [2.75, 3.05) is 32.7 Å². The highest BCUT2D eigenvalue weighted by Gasteiger charge is 2.34. The van der Waals surface area contributed by atoms with E-state index in [2.05, 4.69) is 10.6 Å². The fraction of sp³-hybridized carbons (Fsp3) is 0.588. The van der Waals surface area contributed by atoms with Gasteiger partial charge >= 0.3 is 0 Å². The van der Waals surface area contributed by atoms with Gasteiger partial charge in [-0.25, -0.2) is 8.42 Å². The topological polar surface area (TPSA) is 98.7 Å². The summed E-state index contributed by atoms with van der Waals surface area (Å²) < 4.78 is 26.8. The third kappa shape index (κ3) is 4.75. The standard InChI is InChI=1S/C17H25N3O4S.ClH/c21-16-11-18-9-14(16)10-19-17(22)13-5-4-8-20(12-13)25(23,24)15-6-2-1-3-7-15;/h1-3,6-7,13-14,16,18,21H,4-5,8-12H2,(H,19,22);1H. The van der Waals surface area contributed by atoms with Gasteiger partial charge in [0.25, 0.3) is 0 Å². The zero-order chi connectivity index (χ0) is 17.9. The maximum Gasteiger partial charge on any atom is 0.243 e. The van der Waals surface area contributed by atoms with Gasteiger partial charge in [-0.2, -0.15) is 4.31 Å². The lowest BCUT2D eigenvalue weighted by Gasteiger charge is -2.31. The summed E-state index contributed by atoms with van der Waals surface area (Å²) in [4.78, 5) is 12.7. The number of β-amino-alcohol motifs (C(OH)–C–C–N with tert-alkyl or cyclic N) is 1. The number of benzene rings is 1. The van der Waals surface area contributed by atoms with Crippen molar-refractivity contribution in [3.63, 3.8) is 0 Å². The Morgan fingerprint density at radius 3 is 2.65 bits per heavy atom. The van der Waals surface area contributed by atoms with Crippen LogP contribution >= 0.6 is 12.4 Å². The van der Waals surface area contributed by atoms with E-state index in [-0.39, 0.29) is 41.6 Å². The second-order valence-corrected chi connectivity index (χ2v) is 8.68. The Balaban J connectivity index is 0.00000243. The van der Waals surface area contributed by atoms with Crippen molar-refractivity contribution in [3.05, 3.63) is 30.3 Å². The quantitative estimate of drug-likeness (QED) is 0.652. The Morgan fingerprint density at radius 1 is 1.27 bits per heavy atom. The Bertz CT molecular complexity index is 701. The van der Waals surface area contributed by atoms with Gasteiger partial charge in [-0.1, -0.05) is 18.2 Å². The van der Waals surface area contributed by atoms with Crippen LogP contribution in [0.4, 0.5) is 0 Å². The van der Waals surface area contributed by atoms with Crippen molar-refractivity contribution in [2.24, 2.45) is 11.8 Å². The Morgan fingerprint density at radius 2 is 2.00 bits per heavy atom. The van der Waals surface area contributed by atoms with Crippen LogP contribution in [0.15, 0.2) is 35.2 Å². The normalized spacial score (nSPS) is 26.9. The van der Waals surface area contributed by atoms with E-state index in [9.17, 15) is 18.3 Å². The first-order valence-corrected chi connectivity index (χ1v) is 10.1. The summed E-state index contributed by atoms with van der Waals surface area (Å²) in [5.41, 5.74) is 0. The van der Waals surface area contributed by atoms with Crippen molar-refractivity contribution in [1.82, 2.24) is 14.9 Å². The number of hydrogen-bond donors (Lipinski definition) is 3. The molecule has 0 aliphatic carbocycles. The van der Waals surface area contributed by atoms with Crippen molar-refractivity contribution < 1.29 is 18.3 Å². The summed E-state index contributed by atoms with van der Waals surface area (Å²) in [7, 11) is -3.56. The number of aliphatic hydroxyl groups excluding tert-OH is 1. The molecular formula is C17H26ClN3O4S. The molecule has 9 heteroatoms. The Labute approximate surface area is 160 Å². The lowest BCUT2D eigenvalue weighted by Crippen LogP contribution is -2.46. The van der Waals surface area contributed by atoms with Crippen LogP contribution < -0.4 is 10.6 Å². The number of carbonyl (C=O) groups excluding carboxylic acids is 1. The molecule has 3 rings (SSSR count). The minimum Gasteiger partial charge on any atom is -0.391 e. The van der Waals surface area contributed by atoms with Gasteiger partial charge < -0.3 is 15.7 Å². The molecule has 26 heavy (non-hydrogen) atoms. The summed E-state index contributed by atoms with van der Waals surface area (Å²) in [5.74, 6) is -0.470. The first-order valence-electron chi connectivity index (χ1n) is 8.70. The van der Waals surface area contributed by atoms with E-state index < -0.39 is 16.1 Å². The molecular weight excluding hydrogens is 378 g/mol. The van der Waals surface area contributed by atoms with E-state index in [1.165, 1.54) is 4.31 Å². The molecule has 2 fully saturated rings. The summed E-state index contributed by atoms with van der Waals surface area (Å²) in [6, 6.07) is 8.32. The molecule has 2 heterocycles. The summed E-state index contributed by atoms with van der Waals surface area (Å²) in [5, 5.41) is 15.7. The number of nitrogens with zero attached hydrogens (tertiary/aromatic N) is 1.